The van der Waals surface area contributed by atoms with Crippen molar-refractivity contribution < 1.29 is 24.9 Å². The van der Waals surface area contributed by atoms with E-state index in [1.807, 2.05) is 0 Å². The lowest BCUT2D eigenvalue weighted by Crippen LogP contribution is -2.35. The maximum atomic E-state index is 11.3. The Labute approximate surface area is 98.3 Å². The molecule has 1 unspecified atom stereocenters. The topological polar surface area (TPSA) is 87.0 Å². The smallest absolute Gasteiger partial charge is 0.335 e. The molecule has 5 nitrogen and oxygen atoms in total. The highest BCUT2D eigenvalue weighted by Crippen LogP contribution is 2.54. The fourth-order valence-electron chi connectivity index (χ4n) is 2.10. The van der Waals surface area contributed by atoms with Crippen LogP contribution in [0.25, 0.3) is 0 Å². The summed E-state index contributed by atoms with van der Waals surface area (Å²) in [5.41, 5.74) is -0.307. The van der Waals surface area contributed by atoms with Crippen molar-refractivity contribution in [1.82, 2.24) is 0 Å². The number of phenolic OH excluding ortho intramolecular Hbond substituents is 2. The van der Waals surface area contributed by atoms with Crippen molar-refractivity contribution in [3.8, 4) is 11.5 Å². The van der Waals surface area contributed by atoms with Crippen LogP contribution in [0.3, 0.4) is 0 Å². The maximum Gasteiger partial charge on any atom is 0.335 e. The number of rotatable bonds is 3. The van der Waals surface area contributed by atoms with Crippen LogP contribution >= 0.6 is 0 Å². The van der Waals surface area contributed by atoms with E-state index in [0.717, 1.165) is 0 Å². The zero-order valence-corrected chi connectivity index (χ0v) is 9.38. The van der Waals surface area contributed by atoms with Gasteiger partial charge in [0.05, 0.1) is 7.11 Å². The van der Waals surface area contributed by atoms with Gasteiger partial charge in [0, 0.05) is 17.0 Å². The number of methoxy groups -OCH3 is 1. The molecular weight excluding hydrogens is 224 g/mol. The SMILES string of the molecule is COC(=O)C(O)C1(c2ccc(O)cc2O)CC1. The predicted octanol–water partition coefficient (Wildman–Crippen LogP) is 0.663. The molecule has 0 aliphatic heterocycles. The van der Waals surface area contributed by atoms with Crippen LogP contribution in [0.15, 0.2) is 18.2 Å². The van der Waals surface area contributed by atoms with E-state index in [2.05, 4.69) is 4.74 Å². The molecule has 17 heavy (non-hydrogen) atoms. The molecule has 2 rings (SSSR count). The number of esters is 1. The zero-order valence-electron chi connectivity index (χ0n) is 9.38. The van der Waals surface area contributed by atoms with Gasteiger partial charge in [-0.2, -0.15) is 0 Å². The normalized spacial score (nSPS) is 18.5. The summed E-state index contributed by atoms with van der Waals surface area (Å²) in [5.74, 6) is -0.893. The van der Waals surface area contributed by atoms with Crippen LogP contribution in [0, 0.1) is 0 Å². The van der Waals surface area contributed by atoms with Crippen LogP contribution in [0.5, 0.6) is 11.5 Å². The molecule has 0 saturated heterocycles. The number of carbonyl (C=O) groups excluding carboxylic acids is 1. The van der Waals surface area contributed by atoms with Crippen molar-refractivity contribution in [2.75, 3.05) is 7.11 Å². The van der Waals surface area contributed by atoms with Gasteiger partial charge in [0.1, 0.15) is 11.5 Å². The summed E-state index contributed by atoms with van der Waals surface area (Å²) in [6.07, 6.45) is -0.0913. The summed E-state index contributed by atoms with van der Waals surface area (Å²) in [7, 11) is 1.21. The molecule has 1 aromatic carbocycles. The minimum absolute atomic E-state index is 0.0605. The van der Waals surface area contributed by atoms with E-state index in [9.17, 15) is 20.1 Å². The molecule has 1 atom stereocenters. The first-order valence-corrected chi connectivity index (χ1v) is 5.29. The van der Waals surface area contributed by atoms with Gasteiger partial charge in [-0.05, 0) is 18.9 Å². The molecule has 0 aromatic heterocycles. The lowest BCUT2D eigenvalue weighted by molar-refractivity contribution is -0.152. The Morgan fingerprint density at radius 1 is 1.41 bits per heavy atom. The summed E-state index contributed by atoms with van der Waals surface area (Å²) in [4.78, 5) is 11.3. The Morgan fingerprint density at radius 2 is 2.06 bits per heavy atom. The van der Waals surface area contributed by atoms with Gasteiger partial charge in [0.25, 0.3) is 0 Å². The van der Waals surface area contributed by atoms with E-state index in [4.69, 9.17) is 0 Å². The molecule has 0 heterocycles. The van der Waals surface area contributed by atoms with Gasteiger partial charge in [-0.1, -0.05) is 6.07 Å². The van der Waals surface area contributed by atoms with Crippen molar-refractivity contribution in [2.24, 2.45) is 0 Å². The van der Waals surface area contributed by atoms with Crippen LogP contribution in [0.2, 0.25) is 0 Å². The van der Waals surface area contributed by atoms with Crippen molar-refractivity contribution in [2.45, 2.75) is 24.4 Å². The second-order valence-corrected chi connectivity index (χ2v) is 4.28. The van der Waals surface area contributed by atoms with E-state index in [0.29, 0.717) is 18.4 Å². The molecule has 1 aliphatic rings. The summed E-state index contributed by atoms with van der Waals surface area (Å²) in [6, 6.07) is 4.13. The summed E-state index contributed by atoms with van der Waals surface area (Å²) in [5, 5.41) is 28.9. The average Bonchev–Trinajstić information content (AvgIpc) is 3.08. The third-order valence-electron chi connectivity index (χ3n) is 3.25. The molecule has 1 fully saturated rings. The van der Waals surface area contributed by atoms with Crippen LogP contribution in [-0.2, 0) is 14.9 Å². The number of ether oxygens (including phenoxy) is 1. The van der Waals surface area contributed by atoms with E-state index in [1.54, 1.807) is 0 Å². The summed E-state index contributed by atoms with van der Waals surface area (Å²) < 4.78 is 4.50. The molecule has 0 spiro atoms. The largest absolute Gasteiger partial charge is 0.508 e. The number of aromatic hydroxyl groups is 2. The minimum atomic E-state index is -1.29. The highest BCUT2D eigenvalue weighted by molar-refractivity contribution is 5.78. The van der Waals surface area contributed by atoms with Gasteiger partial charge >= 0.3 is 5.97 Å². The number of aliphatic hydroxyl groups excluding tert-OH is 1. The molecule has 0 bridgehead atoms. The van der Waals surface area contributed by atoms with Gasteiger partial charge in [-0.25, -0.2) is 4.79 Å². The first kappa shape index (κ1) is 11.7. The molecular formula is C12H14O5. The highest BCUT2D eigenvalue weighted by atomic mass is 16.5. The number of phenols is 2. The van der Waals surface area contributed by atoms with E-state index in [-0.39, 0.29) is 11.5 Å². The Balaban J connectivity index is 2.36. The standard InChI is InChI=1S/C12H14O5/c1-17-11(16)10(15)12(4-5-12)8-3-2-7(13)6-9(8)14/h2-3,6,10,13-15H,4-5H2,1H3. The number of hydrogen-bond acceptors (Lipinski definition) is 5. The van der Waals surface area contributed by atoms with E-state index in [1.165, 1.54) is 25.3 Å². The first-order valence-electron chi connectivity index (χ1n) is 5.29. The zero-order chi connectivity index (χ0) is 12.6. The quantitative estimate of drug-likeness (QED) is 0.673. The maximum absolute atomic E-state index is 11.3. The fourth-order valence-corrected chi connectivity index (χ4v) is 2.10. The molecule has 0 amide bonds. The first-order chi connectivity index (χ1) is 8.01. The second-order valence-electron chi connectivity index (χ2n) is 4.28. The second kappa shape index (κ2) is 3.92. The van der Waals surface area contributed by atoms with Crippen molar-refractivity contribution >= 4 is 5.97 Å². The van der Waals surface area contributed by atoms with E-state index >= 15 is 0 Å². The Bertz CT molecular complexity index is 450. The minimum Gasteiger partial charge on any atom is -0.508 e. The lowest BCUT2D eigenvalue weighted by atomic mass is 9.89. The lowest BCUT2D eigenvalue weighted by Gasteiger charge is -2.21. The predicted molar refractivity (Wildman–Crippen MR) is 58.7 cm³/mol. The van der Waals surface area contributed by atoms with Crippen molar-refractivity contribution in [1.29, 1.82) is 0 Å². The van der Waals surface area contributed by atoms with Crippen molar-refractivity contribution in [3.63, 3.8) is 0 Å². The molecule has 1 aliphatic carbocycles. The summed E-state index contributed by atoms with van der Waals surface area (Å²) in [6.45, 7) is 0. The number of benzene rings is 1. The van der Waals surface area contributed by atoms with Gasteiger partial charge in [0.15, 0.2) is 6.10 Å². The highest BCUT2D eigenvalue weighted by Gasteiger charge is 2.55. The van der Waals surface area contributed by atoms with E-state index < -0.39 is 17.5 Å². The molecule has 0 radical (unpaired) electrons. The monoisotopic (exact) mass is 238 g/mol. The molecule has 5 heteroatoms. The van der Waals surface area contributed by atoms with Crippen LogP contribution < -0.4 is 0 Å². The summed E-state index contributed by atoms with van der Waals surface area (Å²) >= 11 is 0. The van der Waals surface area contributed by atoms with Crippen molar-refractivity contribution in [3.05, 3.63) is 23.8 Å². The number of aliphatic hydroxyl groups is 1. The number of carbonyl (C=O) groups is 1. The Morgan fingerprint density at radius 3 is 2.53 bits per heavy atom. The molecule has 3 N–H and O–H groups in total. The molecule has 1 saturated carbocycles. The van der Waals surface area contributed by atoms with Crippen LogP contribution in [-0.4, -0.2) is 34.5 Å². The van der Waals surface area contributed by atoms with Crippen LogP contribution in [0.4, 0.5) is 0 Å². The molecule has 92 valence electrons. The van der Waals surface area contributed by atoms with Gasteiger partial charge in [-0.3, -0.25) is 0 Å². The van der Waals surface area contributed by atoms with Crippen LogP contribution in [0.1, 0.15) is 18.4 Å². The third-order valence-corrected chi connectivity index (χ3v) is 3.25. The fraction of sp³-hybridized carbons (Fsp3) is 0.417. The Hall–Kier alpha value is -1.75. The van der Waals surface area contributed by atoms with Gasteiger partial charge in [-0.15, -0.1) is 0 Å². The Kier molecular flexibility index (Phi) is 2.71. The van der Waals surface area contributed by atoms with Gasteiger partial charge in [0.2, 0.25) is 0 Å². The third kappa shape index (κ3) is 1.82. The van der Waals surface area contributed by atoms with Gasteiger partial charge < -0.3 is 20.1 Å². The number of hydrogen-bond donors (Lipinski definition) is 3. The average molecular weight is 238 g/mol. The molecule has 1 aromatic rings.